The Labute approximate surface area is 127 Å². The van der Waals surface area contributed by atoms with Gasteiger partial charge in [-0.1, -0.05) is 60.8 Å². The average molecular weight is 283 g/mol. The number of piperazine rings is 1. The Balaban J connectivity index is 2.46. The van der Waals surface area contributed by atoms with E-state index in [2.05, 4.69) is 51.8 Å². The molecule has 0 radical (unpaired) electrons. The van der Waals surface area contributed by atoms with E-state index >= 15 is 0 Å². The summed E-state index contributed by atoms with van der Waals surface area (Å²) in [7, 11) is 0. The van der Waals surface area contributed by atoms with Crippen molar-refractivity contribution in [2.45, 2.75) is 79.3 Å². The van der Waals surface area contributed by atoms with Gasteiger partial charge in [0.15, 0.2) is 0 Å². The molecule has 0 aromatic heterocycles. The van der Waals surface area contributed by atoms with E-state index < -0.39 is 0 Å². The summed E-state index contributed by atoms with van der Waals surface area (Å²) in [6.45, 7) is 17.8. The predicted octanol–water partition coefficient (Wildman–Crippen LogP) is 4.16. The van der Waals surface area contributed by atoms with Crippen molar-refractivity contribution in [1.82, 2.24) is 10.2 Å². The molecular formula is C18H38N2. The number of nitrogens with zero attached hydrogens (tertiary/aromatic N) is 1. The Kier molecular flexibility index (Phi) is 8.13. The van der Waals surface area contributed by atoms with Gasteiger partial charge in [-0.25, -0.2) is 0 Å². The molecule has 1 aliphatic rings. The lowest BCUT2D eigenvalue weighted by atomic mass is 9.92. The van der Waals surface area contributed by atoms with Gasteiger partial charge in [0.25, 0.3) is 0 Å². The molecule has 1 saturated heterocycles. The van der Waals surface area contributed by atoms with Crippen LogP contribution < -0.4 is 5.32 Å². The summed E-state index contributed by atoms with van der Waals surface area (Å²) in [6, 6.07) is 1.43. The topological polar surface area (TPSA) is 15.3 Å². The standard InChI is InChI=1S/C18H38N2/c1-7-16(6)17-13-20(11-9-8-10-14(2)3)18(12-19-17)15(4)5/h14-19H,7-13H2,1-6H3. The molecule has 3 unspecified atom stereocenters. The molecule has 0 aromatic carbocycles. The molecule has 0 bridgehead atoms. The van der Waals surface area contributed by atoms with E-state index in [9.17, 15) is 0 Å². The number of unbranched alkanes of at least 4 members (excludes halogenated alkanes) is 1. The van der Waals surface area contributed by atoms with Crippen LogP contribution in [0.3, 0.4) is 0 Å². The van der Waals surface area contributed by atoms with Crippen molar-refractivity contribution < 1.29 is 0 Å². The van der Waals surface area contributed by atoms with Gasteiger partial charge < -0.3 is 5.32 Å². The molecule has 2 nitrogen and oxygen atoms in total. The quantitative estimate of drug-likeness (QED) is 0.673. The minimum Gasteiger partial charge on any atom is -0.311 e. The van der Waals surface area contributed by atoms with Crippen molar-refractivity contribution in [3.05, 3.63) is 0 Å². The zero-order chi connectivity index (χ0) is 15.1. The second-order valence-electron chi connectivity index (χ2n) is 7.60. The minimum absolute atomic E-state index is 0.695. The van der Waals surface area contributed by atoms with Crippen molar-refractivity contribution in [1.29, 1.82) is 0 Å². The fraction of sp³-hybridized carbons (Fsp3) is 1.00. The first-order chi connectivity index (χ1) is 9.45. The van der Waals surface area contributed by atoms with Gasteiger partial charge in [-0.05, 0) is 30.7 Å². The van der Waals surface area contributed by atoms with Crippen molar-refractivity contribution >= 4 is 0 Å². The van der Waals surface area contributed by atoms with E-state index in [1.807, 2.05) is 0 Å². The van der Waals surface area contributed by atoms with E-state index in [4.69, 9.17) is 0 Å². The van der Waals surface area contributed by atoms with Gasteiger partial charge in [0.05, 0.1) is 0 Å². The summed E-state index contributed by atoms with van der Waals surface area (Å²) in [5.74, 6) is 2.40. The third-order valence-corrected chi connectivity index (χ3v) is 5.07. The summed E-state index contributed by atoms with van der Waals surface area (Å²) in [4.78, 5) is 2.78. The SMILES string of the molecule is CCC(C)C1CN(CCCCC(C)C)C(C(C)C)CN1. The van der Waals surface area contributed by atoms with Crippen LogP contribution in [0, 0.1) is 17.8 Å². The van der Waals surface area contributed by atoms with Gasteiger partial charge in [0, 0.05) is 25.2 Å². The molecule has 1 N–H and O–H groups in total. The second-order valence-corrected chi connectivity index (χ2v) is 7.60. The normalized spacial score (nSPS) is 26.4. The maximum absolute atomic E-state index is 3.80. The smallest absolute Gasteiger partial charge is 0.0244 e. The van der Waals surface area contributed by atoms with E-state index in [0.717, 1.165) is 23.8 Å². The highest BCUT2D eigenvalue weighted by Gasteiger charge is 2.31. The molecule has 0 aliphatic carbocycles. The van der Waals surface area contributed by atoms with Crippen LogP contribution in [0.25, 0.3) is 0 Å². The monoisotopic (exact) mass is 282 g/mol. The third kappa shape index (κ3) is 5.73. The van der Waals surface area contributed by atoms with Crippen LogP contribution in [0.5, 0.6) is 0 Å². The second kappa shape index (κ2) is 9.04. The van der Waals surface area contributed by atoms with Crippen LogP contribution in [-0.2, 0) is 0 Å². The molecule has 0 aromatic rings. The maximum atomic E-state index is 3.80. The highest BCUT2D eigenvalue weighted by atomic mass is 15.2. The predicted molar refractivity (Wildman–Crippen MR) is 90.1 cm³/mol. The average Bonchev–Trinajstić information content (AvgIpc) is 2.42. The summed E-state index contributed by atoms with van der Waals surface area (Å²) < 4.78 is 0. The van der Waals surface area contributed by atoms with Crippen LogP contribution in [0.2, 0.25) is 0 Å². The zero-order valence-electron chi connectivity index (χ0n) is 14.8. The summed E-state index contributed by atoms with van der Waals surface area (Å²) in [6.07, 6.45) is 5.42. The molecule has 0 saturated carbocycles. The van der Waals surface area contributed by atoms with Crippen molar-refractivity contribution in [2.24, 2.45) is 17.8 Å². The Hall–Kier alpha value is -0.0800. The van der Waals surface area contributed by atoms with Gasteiger partial charge in [-0.2, -0.15) is 0 Å². The van der Waals surface area contributed by atoms with Crippen molar-refractivity contribution in [2.75, 3.05) is 19.6 Å². The zero-order valence-corrected chi connectivity index (χ0v) is 14.8. The Bertz CT molecular complexity index is 250. The fourth-order valence-electron chi connectivity index (χ4n) is 3.30. The van der Waals surface area contributed by atoms with Gasteiger partial charge in [0.2, 0.25) is 0 Å². The number of nitrogens with one attached hydrogen (secondary N) is 1. The molecular weight excluding hydrogens is 244 g/mol. The lowest BCUT2D eigenvalue weighted by Crippen LogP contribution is -2.60. The highest BCUT2D eigenvalue weighted by molar-refractivity contribution is 4.89. The van der Waals surface area contributed by atoms with Gasteiger partial charge >= 0.3 is 0 Å². The Morgan fingerprint density at radius 3 is 2.35 bits per heavy atom. The van der Waals surface area contributed by atoms with Crippen molar-refractivity contribution in [3.63, 3.8) is 0 Å². The van der Waals surface area contributed by atoms with E-state index in [1.165, 1.54) is 45.3 Å². The van der Waals surface area contributed by atoms with Gasteiger partial charge in [0.1, 0.15) is 0 Å². The molecule has 3 atom stereocenters. The van der Waals surface area contributed by atoms with E-state index in [0.29, 0.717) is 6.04 Å². The molecule has 120 valence electrons. The molecule has 1 heterocycles. The first-order valence-corrected chi connectivity index (χ1v) is 8.93. The molecule has 0 amide bonds. The summed E-state index contributed by atoms with van der Waals surface area (Å²) in [5, 5.41) is 3.80. The maximum Gasteiger partial charge on any atom is 0.0244 e. The lowest BCUT2D eigenvalue weighted by molar-refractivity contribution is 0.0800. The lowest BCUT2D eigenvalue weighted by Gasteiger charge is -2.44. The third-order valence-electron chi connectivity index (χ3n) is 5.07. The van der Waals surface area contributed by atoms with Crippen LogP contribution in [-0.4, -0.2) is 36.6 Å². The number of hydrogen-bond acceptors (Lipinski definition) is 2. The van der Waals surface area contributed by atoms with Crippen LogP contribution >= 0.6 is 0 Å². The van der Waals surface area contributed by atoms with Crippen LogP contribution in [0.1, 0.15) is 67.2 Å². The Morgan fingerprint density at radius 1 is 1.10 bits per heavy atom. The molecule has 2 heteroatoms. The van der Waals surface area contributed by atoms with Crippen LogP contribution in [0.4, 0.5) is 0 Å². The van der Waals surface area contributed by atoms with Gasteiger partial charge in [-0.15, -0.1) is 0 Å². The first-order valence-electron chi connectivity index (χ1n) is 8.93. The van der Waals surface area contributed by atoms with E-state index in [1.54, 1.807) is 0 Å². The molecule has 1 aliphatic heterocycles. The molecule has 1 fully saturated rings. The van der Waals surface area contributed by atoms with E-state index in [-0.39, 0.29) is 0 Å². The number of hydrogen-bond donors (Lipinski definition) is 1. The fourth-order valence-corrected chi connectivity index (χ4v) is 3.30. The van der Waals surface area contributed by atoms with Crippen LogP contribution in [0.15, 0.2) is 0 Å². The largest absolute Gasteiger partial charge is 0.311 e. The summed E-state index contributed by atoms with van der Waals surface area (Å²) in [5.41, 5.74) is 0. The minimum atomic E-state index is 0.695. The molecule has 20 heavy (non-hydrogen) atoms. The highest BCUT2D eigenvalue weighted by Crippen LogP contribution is 2.20. The summed E-state index contributed by atoms with van der Waals surface area (Å²) >= 11 is 0. The molecule has 0 spiro atoms. The van der Waals surface area contributed by atoms with Crippen molar-refractivity contribution in [3.8, 4) is 0 Å². The molecule has 1 rings (SSSR count). The number of rotatable bonds is 8. The Morgan fingerprint density at radius 2 is 1.80 bits per heavy atom. The first kappa shape index (κ1) is 18.0. The van der Waals surface area contributed by atoms with Gasteiger partial charge in [-0.3, -0.25) is 4.90 Å².